The molecule has 0 unspecified atom stereocenters. The predicted octanol–water partition coefficient (Wildman–Crippen LogP) is 4.27. The van der Waals surface area contributed by atoms with Gasteiger partial charge in [0.15, 0.2) is 11.0 Å². The molecule has 0 aliphatic rings. The van der Waals surface area contributed by atoms with E-state index in [1.807, 2.05) is 49.0 Å². The summed E-state index contributed by atoms with van der Waals surface area (Å²) in [6.07, 6.45) is -3.70. The van der Waals surface area contributed by atoms with E-state index in [-0.39, 0.29) is 22.5 Å². The van der Waals surface area contributed by atoms with Crippen LogP contribution in [-0.2, 0) is 11.0 Å². The van der Waals surface area contributed by atoms with Crippen LogP contribution in [0.4, 0.5) is 18.9 Å². The van der Waals surface area contributed by atoms with Crippen LogP contribution >= 0.6 is 23.4 Å². The van der Waals surface area contributed by atoms with E-state index in [2.05, 4.69) is 22.4 Å². The molecule has 0 bridgehead atoms. The molecule has 0 spiro atoms. The van der Waals surface area contributed by atoms with Crippen molar-refractivity contribution in [1.82, 2.24) is 14.8 Å². The van der Waals surface area contributed by atoms with Gasteiger partial charge in [-0.05, 0) is 30.3 Å². The number of amides is 1. The number of carbonyl (C=O) groups is 1. The van der Waals surface area contributed by atoms with Crippen LogP contribution in [0.5, 0.6) is 0 Å². The largest absolute Gasteiger partial charge is 0.416 e. The summed E-state index contributed by atoms with van der Waals surface area (Å²) < 4.78 is 40.9. The van der Waals surface area contributed by atoms with Gasteiger partial charge in [-0.1, -0.05) is 48.5 Å². The van der Waals surface area contributed by atoms with E-state index < -0.39 is 17.6 Å². The first-order chi connectivity index (χ1) is 15.6. The molecule has 0 aliphatic heterocycles. The summed E-state index contributed by atoms with van der Waals surface area (Å²) in [4.78, 5) is 13.7. The van der Waals surface area contributed by atoms with Gasteiger partial charge < -0.3 is 10.2 Å². The molecule has 2 N–H and O–H groups in total. The van der Waals surface area contributed by atoms with E-state index in [1.165, 1.54) is 4.90 Å². The fourth-order valence-electron chi connectivity index (χ4n) is 3.38. The Morgan fingerprint density at radius 1 is 1.18 bits per heavy atom. The van der Waals surface area contributed by atoms with Crippen molar-refractivity contribution >= 4 is 35.0 Å². The lowest BCUT2D eigenvalue weighted by Crippen LogP contribution is -3.06. The van der Waals surface area contributed by atoms with Gasteiger partial charge in [0.25, 0.3) is 0 Å². The molecule has 1 heterocycles. The minimum atomic E-state index is -4.54. The molecule has 0 fully saturated rings. The number of anilines is 1. The average molecular weight is 499 g/mol. The Labute approximate surface area is 199 Å². The standard InChI is InChI=1S/C22H23ClF3N5OS/c1-4-18(30(2)3)20-28-29-21(31(20)15-8-6-5-7-9-15)33-13-19(32)27-17-12-14(22(24,25)26)10-11-16(17)23/h5-12,18H,4,13H2,1-3H3,(H,27,32)/p+1/t18-/m0/s1. The van der Waals surface area contributed by atoms with Gasteiger partial charge in [0.2, 0.25) is 5.91 Å². The normalized spacial score (nSPS) is 12.7. The maximum Gasteiger partial charge on any atom is 0.416 e. The van der Waals surface area contributed by atoms with Gasteiger partial charge >= 0.3 is 6.18 Å². The van der Waals surface area contributed by atoms with Crippen molar-refractivity contribution in [3.05, 3.63) is 64.9 Å². The Morgan fingerprint density at radius 2 is 1.88 bits per heavy atom. The highest BCUT2D eigenvalue weighted by molar-refractivity contribution is 7.99. The second-order valence-electron chi connectivity index (χ2n) is 7.58. The first-order valence-corrected chi connectivity index (χ1v) is 11.6. The van der Waals surface area contributed by atoms with Crippen molar-refractivity contribution in [1.29, 1.82) is 0 Å². The second-order valence-corrected chi connectivity index (χ2v) is 8.93. The van der Waals surface area contributed by atoms with Crippen molar-refractivity contribution in [2.45, 2.75) is 30.7 Å². The molecule has 1 atom stereocenters. The van der Waals surface area contributed by atoms with E-state index in [1.54, 1.807) is 0 Å². The topological polar surface area (TPSA) is 64.2 Å². The molecule has 1 aromatic heterocycles. The number of nitrogens with one attached hydrogen (secondary N) is 2. The molecular formula is C22H24ClF3N5OS+. The number of carbonyl (C=O) groups excluding carboxylic acids is 1. The molecular weight excluding hydrogens is 475 g/mol. The van der Waals surface area contributed by atoms with Gasteiger partial charge in [-0.15, -0.1) is 10.2 Å². The summed E-state index contributed by atoms with van der Waals surface area (Å²) >= 11 is 7.13. The first kappa shape index (κ1) is 25.1. The number of rotatable bonds is 8. The Bertz CT molecular complexity index is 1110. The molecule has 33 heavy (non-hydrogen) atoms. The maximum atomic E-state index is 13.0. The van der Waals surface area contributed by atoms with Crippen LogP contribution < -0.4 is 10.2 Å². The molecule has 3 aromatic rings. The van der Waals surface area contributed by atoms with Crippen molar-refractivity contribution in [3.8, 4) is 5.69 Å². The van der Waals surface area contributed by atoms with E-state index >= 15 is 0 Å². The molecule has 2 aromatic carbocycles. The fourth-order valence-corrected chi connectivity index (χ4v) is 4.31. The zero-order valence-corrected chi connectivity index (χ0v) is 19.9. The van der Waals surface area contributed by atoms with Crippen LogP contribution in [0.25, 0.3) is 5.69 Å². The van der Waals surface area contributed by atoms with Crippen LogP contribution in [0.15, 0.2) is 53.7 Å². The van der Waals surface area contributed by atoms with Crippen molar-refractivity contribution in [3.63, 3.8) is 0 Å². The van der Waals surface area contributed by atoms with E-state index in [9.17, 15) is 18.0 Å². The third-order valence-corrected chi connectivity index (χ3v) is 6.25. The highest BCUT2D eigenvalue weighted by Crippen LogP contribution is 2.34. The van der Waals surface area contributed by atoms with Gasteiger partial charge in [0.1, 0.15) is 6.04 Å². The molecule has 0 saturated heterocycles. The summed E-state index contributed by atoms with van der Waals surface area (Å²) in [7, 11) is 4.08. The Hall–Kier alpha value is -2.56. The Balaban J connectivity index is 1.82. The molecule has 0 saturated carbocycles. The lowest BCUT2D eigenvalue weighted by Gasteiger charge is -2.20. The number of quaternary nitrogens is 1. The fraction of sp³-hybridized carbons (Fsp3) is 0.318. The maximum absolute atomic E-state index is 13.0. The Morgan fingerprint density at radius 3 is 2.48 bits per heavy atom. The molecule has 0 aliphatic carbocycles. The molecule has 0 radical (unpaired) electrons. The lowest BCUT2D eigenvalue weighted by molar-refractivity contribution is -0.893. The smallest absolute Gasteiger partial charge is 0.331 e. The molecule has 3 rings (SSSR count). The third kappa shape index (κ3) is 6.07. The number of alkyl halides is 3. The highest BCUT2D eigenvalue weighted by Gasteiger charge is 2.31. The van der Waals surface area contributed by atoms with Crippen LogP contribution in [0.3, 0.4) is 0 Å². The van der Waals surface area contributed by atoms with Gasteiger partial charge in [-0.2, -0.15) is 13.2 Å². The van der Waals surface area contributed by atoms with Crippen LogP contribution in [0, 0.1) is 0 Å². The zero-order chi connectivity index (χ0) is 24.2. The summed E-state index contributed by atoms with van der Waals surface area (Å²) in [5, 5.41) is 11.7. The number of hydrogen-bond donors (Lipinski definition) is 2. The molecule has 6 nitrogen and oxygen atoms in total. The second kappa shape index (κ2) is 10.6. The van der Waals surface area contributed by atoms with Crippen LogP contribution in [0.1, 0.15) is 30.8 Å². The van der Waals surface area contributed by atoms with Gasteiger partial charge in [0, 0.05) is 12.1 Å². The molecule has 1 amide bonds. The zero-order valence-electron chi connectivity index (χ0n) is 18.3. The SMILES string of the molecule is CC[C@@H](c1nnc(SCC(=O)Nc2cc(C(F)(F)F)ccc2Cl)n1-c1ccccc1)[NH+](C)C. The van der Waals surface area contributed by atoms with E-state index in [4.69, 9.17) is 11.6 Å². The minimum absolute atomic E-state index is 0.0239. The third-order valence-electron chi connectivity index (χ3n) is 4.99. The predicted molar refractivity (Wildman–Crippen MR) is 123 cm³/mol. The van der Waals surface area contributed by atoms with E-state index in [0.29, 0.717) is 5.16 Å². The number of aromatic nitrogens is 3. The van der Waals surface area contributed by atoms with Crippen LogP contribution in [-0.4, -0.2) is 40.5 Å². The van der Waals surface area contributed by atoms with Crippen LogP contribution in [0.2, 0.25) is 5.02 Å². The molecule has 176 valence electrons. The summed E-state index contributed by atoms with van der Waals surface area (Å²) in [5.41, 5.74) is -0.120. The van der Waals surface area contributed by atoms with Crippen molar-refractivity contribution in [2.75, 3.05) is 25.2 Å². The quantitative estimate of drug-likeness (QED) is 0.455. The van der Waals surface area contributed by atoms with E-state index in [0.717, 1.165) is 47.9 Å². The summed E-state index contributed by atoms with van der Waals surface area (Å²) in [6, 6.07) is 12.5. The number of nitrogens with zero attached hydrogens (tertiary/aromatic N) is 3. The number of halogens is 4. The number of hydrogen-bond acceptors (Lipinski definition) is 4. The number of thioether (sulfide) groups is 1. The molecule has 11 heteroatoms. The Kier molecular flexibility index (Phi) is 8.04. The van der Waals surface area contributed by atoms with Gasteiger partial charge in [-0.3, -0.25) is 9.36 Å². The number of para-hydroxylation sites is 1. The van der Waals surface area contributed by atoms with Crippen molar-refractivity contribution < 1.29 is 22.9 Å². The van der Waals surface area contributed by atoms with Crippen molar-refractivity contribution in [2.24, 2.45) is 0 Å². The monoisotopic (exact) mass is 498 g/mol. The summed E-state index contributed by atoms with van der Waals surface area (Å²) in [5.74, 6) is 0.187. The minimum Gasteiger partial charge on any atom is -0.331 e. The highest BCUT2D eigenvalue weighted by atomic mass is 35.5. The average Bonchev–Trinajstić information content (AvgIpc) is 3.17. The summed E-state index contributed by atoms with van der Waals surface area (Å²) in [6.45, 7) is 2.07. The lowest BCUT2D eigenvalue weighted by atomic mass is 10.2. The van der Waals surface area contributed by atoms with Gasteiger partial charge in [-0.25, -0.2) is 0 Å². The number of benzene rings is 2. The first-order valence-electron chi connectivity index (χ1n) is 10.2. The van der Waals surface area contributed by atoms with Gasteiger partial charge in [0.05, 0.1) is 36.1 Å².